The fourth-order valence-electron chi connectivity index (χ4n) is 2.11. The number of aliphatic imine (C=N–C) groups is 1. The van der Waals surface area contributed by atoms with E-state index in [-0.39, 0.29) is 5.54 Å². The third-order valence-electron chi connectivity index (χ3n) is 3.01. The Kier molecular flexibility index (Phi) is 2.54. The number of ether oxygens (including phenoxy) is 1. The summed E-state index contributed by atoms with van der Waals surface area (Å²) in [5, 5.41) is 1.16. The van der Waals surface area contributed by atoms with E-state index in [1.807, 2.05) is 24.3 Å². The molecule has 0 aliphatic carbocycles. The van der Waals surface area contributed by atoms with Gasteiger partial charge < -0.3 is 4.74 Å². The quantitative estimate of drug-likeness (QED) is 0.808. The minimum absolute atomic E-state index is 0.0911. The van der Waals surface area contributed by atoms with Crippen molar-refractivity contribution in [3.63, 3.8) is 0 Å². The van der Waals surface area contributed by atoms with E-state index in [1.54, 1.807) is 0 Å². The van der Waals surface area contributed by atoms with Crippen molar-refractivity contribution in [3.05, 3.63) is 42.1 Å². The Morgan fingerprint density at radius 1 is 1.17 bits per heavy atom. The SMILES string of the molecule is CC1(C)COC(Cc2ccc3ccccc3n2)=N1. The number of fused-ring (bicyclic) bond motifs is 1. The second-order valence-electron chi connectivity index (χ2n) is 5.28. The second-order valence-corrected chi connectivity index (χ2v) is 5.28. The first-order valence-corrected chi connectivity index (χ1v) is 6.19. The van der Waals surface area contributed by atoms with Crippen molar-refractivity contribution in [2.75, 3.05) is 6.61 Å². The fourth-order valence-corrected chi connectivity index (χ4v) is 2.11. The summed E-state index contributed by atoms with van der Waals surface area (Å²) < 4.78 is 5.59. The summed E-state index contributed by atoms with van der Waals surface area (Å²) in [7, 11) is 0. The van der Waals surface area contributed by atoms with Gasteiger partial charge >= 0.3 is 0 Å². The molecule has 3 heteroatoms. The molecule has 92 valence electrons. The Morgan fingerprint density at radius 3 is 2.78 bits per heavy atom. The summed E-state index contributed by atoms with van der Waals surface area (Å²) in [6, 6.07) is 12.3. The first-order valence-electron chi connectivity index (χ1n) is 6.19. The summed E-state index contributed by atoms with van der Waals surface area (Å²) in [5.41, 5.74) is 1.93. The predicted octanol–water partition coefficient (Wildman–Crippen LogP) is 2.98. The van der Waals surface area contributed by atoms with E-state index in [0.29, 0.717) is 13.0 Å². The molecule has 3 nitrogen and oxygen atoms in total. The molecule has 1 aliphatic rings. The lowest BCUT2D eigenvalue weighted by Crippen LogP contribution is -2.17. The van der Waals surface area contributed by atoms with E-state index in [0.717, 1.165) is 22.5 Å². The molecule has 0 N–H and O–H groups in total. The topological polar surface area (TPSA) is 34.5 Å². The number of pyridine rings is 1. The Bertz CT molecular complexity index is 617. The number of hydrogen-bond acceptors (Lipinski definition) is 3. The van der Waals surface area contributed by atoms with Gasteiger partial charge in [0, 0.05) is 5.39 Å². The van der Waals surface area contributed by atoms with Crippen LogP contribution in [0.15, 0.2) is 41.4 Å². The van der Waals surface area contributed by atoms with Crippen molar-refractivity contribution in [2.45, 2.75) is 25.8 Å². The van der Waals surface area contributed by atoms with Crippen LogP contribution < -0.4 is 0 Å². The molecule has 0 amide bonds. The smallest absolute Gasteiger partial charge is 0.190 e. The lowest BCUT2D eigenvalue weighted by atomic mass is 10.1. The summed E-state index contributed by atoms with van der Waals surface area (Å²) in [4.78, 5) is 9.18. The van der Waals surface area contributed by atoms with E-state index in [1.165, 1.54) is 0 Å². The molecule has 0 fully saturated rings. The van der Waals surface area contributed by atoms with Crippen LogP contribution in [0.25, 0.3) is 10.9 Å². The van der Waals surface area contributed by atoms with Crippen molar-refractivity contribution < 1.29 is 4.74 Å². The molecule has 0 spiro atoms. The maximum Gasteiger partial charge on any atom is 0.190 e. The summed E-state index contributed by atoms with van der Waals surface area (Å²) in [6.45, 7) is 4.82. The Hall–Kier alpha value is -1.90. The lowest BCUT2D eigenvalue weighted by molar-refractivity contribution is 0.275. The number of benzene rings is 1. The molecule has 0 bridgehead atoms. The molecular weight excluding hydrogens is 224 g/mol. The third-order valence-corrected chi connectivity index (χ3v) is 3.01. The van der Waals surface area contributed by atoms with Gasteiger partial charge in [0.2, 0.25) is 0 Å². The highest BCUT2D eigenvalue weighted by atomic mass is 16.5. The van der Waals surface area contributed by atoms with Crippen molar-refractivity contribution in [3.8, 4) is 0 Å². The minimum Gasteiger partial charge on any atom is -0.478 e. The molecule has 0 unspecified atom stereocenters. The van der Waals surface area contributed by atoms with Crippen LogP contribution in [-0.4, -0.2) is 23.0 Å². The van der Waals surface area contributed by atoms with E-state index in [4.69, 9.17) is 4.74 Å². The molecule has 3 rings (SSSR count). The normalized spacial score (nSPS) is 17.6. The average molecular weight is 240 g/mol. The monoisotopic (exact) mass is 240 g/mol. The van der Waals surface area contributed by atoms with Gasteiger partial charge in [0.25, 0.3) is 0 Å². The molecule has 0 radical (unpaired) electrons. The molecule has 0 saturated carbocycles. The van der Waals surface area contributed by atoms with Gasteiger partial charge in [0.05, 0.1) is 23.2 Å². The van der Waals surface area contributed by atoms with Gasteiger partial charge in [0.1, 0.15) is 6.61 Å². The zero-order valence-electron chi connectivity index (χ0n) is 10.7. The van der Waals surface area contributed by atoms with Crippen molar-refractivity contribution in [2.24, 2.45) is 4.99 Å². The van der Waals surface area contributed by atoms with Gasteiger partial charge in [-0.2, -0.15) is 0 Å². The van der Waals surface area contributed by atoms with E-state index < -0.39 is 0 Å². The molecule has 0 atom stereocenters. The first-order chi connectivity index (χ1) is 8.62. The molecule has 2 heterocycles. The highest BCUT2D eigenvalue weighted by Gasteiger charge is 2.26. The highest BCUT2D eigenvalue weighted by Crippen LogP contribution is 2.19. The van der Waals surface area contributed by atoms with Crippen LogP contribution in [0, 0.1) is 0 Å². The van der Waals surface area contributed by atoms with Crippen LogP contribution in [0.4, 0.5) is 0 Å². The van der Waals surface area contributed by atoms with Crippen molar-refractivity contribution in [1.29, 1.82) is 0 Å². The standard InChI is InChI=1S/C15H16N2O/c1-15(2)10-18-14(17-15)9-12-8-7-11-5-3-4-6-13(11)16-12/h3-8H,9-10H2,1-2H3. The zero-order chi connectivity index (χ0) is 12.6. The summed E-state index contributed by atoms with van der Waals surface area (Å²) in [5.74, 6) is 0.794. The number of para-hydroxylation sites is 1. The van der Waals surface area contributed by atoms with Gasteiger partial charge in [-0.25, -0.2) is 4.99 Å². The van der Waals surface area contributed by atoms with Gasteiger partial charge in [0.15, 0.2) is 5.90 Å². The fraction of sp³-hybridized carbons (Fsp3) is 0.333. The Balaban J connectivity index is 1.87. The second kappa shape index (κ2) is 4.09. The largest absolute Gasteiger partial charge is 0.478 e. The maximum absolute atomic E-state index is 5.59. The van der Waals surface area contributed by atoms with Crippen LogP contribution in [0.1, 0.15) is 19.5 Å². The Labute approximate surface area is 107 Å². The summed E-state index contributed by atoms with van der Waals surface area (Å²) in [6.07, 6.45) is 0.675. The van der Waals surface area contributed by atoms with Crippen LogP contribution >= 0.6 is 0 Å². The van der Waals surface area contributed by atoms with Crippen LogP contribution in [0.5, 0.6) is 0 Å². The van der Waals surface area contributed by atoms with Crippen LogP contribution in [0.2, 0.25) is 0 Å². The van der Waals surface area contributed by atoms with E-state index in [9.17, 15) is 0 Å². The van der Waals surface area contributed by atoms with Crippen molar-refractivity contribution >= 4 is 16.8 Å². The first kappa shape index (κ1) is 11.2. The third kappa shape index (κ3) is 2.21. The predicted molar refractivity (Wildman–Crippen MR) is 72.9 cm³/mol. The maximum atomic E-state index is 5.59. The van der Waals surface area contributed by atoms with Gasteiger partial charge in [-0.15, -0.1) is 0 Å². The van der Waals surface area contributed by atoms with Crippen LogP contribution in [-0.2, 0) is 11.2 Å². The molecule has 1 aromatic heterocycles. The number of aromatic nitrogens is 1. The highest BCUT2D eigenvalue weighted by molar-refractivity contribution is 5.82. The van der Waals surface area contributed by atoms with Crippen molar-refractivity contribution in [1.82, 2.24) is 4.98 Å². The van der Waals surface area contributed by atoms with E-state index >= 15 is 0 Å². The van der Waals surface area contributed by atoms with Gasteiger partial charge in [-0.3, -0.25) is 4.98 Å². The zero-order valence-corrected chi connectivity index (χ0v) is 10.7. The molecular formula is C15H16N2O. The molecule has 1 aliphatic heterocycles. The lowest BCUT2D eigenvalue weighted by Gasteiger charge is -2.07. The molecule has 2 aromatic rings. The number of hydrogen-bond donors (Lipinski definition) is 0. The van der Waals surface area contributed by atoms with E-state index in [2.05, 4.69) is 36.0 Å². The average Bonchev–Trinajstić information content (AvgIpc) is 2.68. The van der Waals surface area contributed by atoms with Gasteiger partial charge in [-0.1, -0.05) is 24.3 Å². The van der Waals surface area contributed by atoms with Gasteiger partial charge in [-0.05, 0) is 26.0 Å². The minimum atomic E-state index is -0.0911. The number of nitrogens with zero attached hydrogens (tertiary/aromatic N) is 2. The van der Waals surface area contributed by atoms with Crippen LogP contribution in [0.3, 0.4) is 0 Å². The molecule has 0 saturated heterocycles. The number of rotatable bonds is 2. The molecule has 1 aromatic carbocycles. The molecule has 18 heavy (non-hydrogen) atoms. The Morgan fingerprint density at radius 2 is 2.00 bits per heavy atom. The summed E-state index contributed by atoms with van der Waals surface area (Å²) >= 11 is 0.